The Hall–Kier alpha value is -1.68. The maximum atomic E-state index is 13.3. The molecule has 0 atom stereocenters. The summed E-state index contributed by atoms with van der Waals surface area (Å²) in [6, 6.07) is 4.43. The summed E-state index contributed by atoms with van der Waals surface area (Å²) < 4.78 is 18.8. The molecule has 0 aromatic heterocycles. The summed E-state index contributed by atoms with van der Waals surface area (Å²) in [7, 11) is 0. The molecule has 1 aliphatic rings. The zero-order chi connectivity index (χ0) is 13.0. The van der Waals surface area contributed by atoms with Crippen molar-refractivity contribution in [2.45, 2.75) is 19.4 Å². The highest BCUT2D eigenvalue weighted by molar-refractivity contribution is 5.85. The minimum atomic E-state index is -1.05. The van der Waals surface area contributed by atoms with Crippen LogP contribution in [0.5, 0.6) is 0 Å². The maximum absolute atomic E-state index is 13.3. The average Bonchev–Trinajstić information content (AvgIpc) is 3.10. The minimum Gasteiger partial charge on any atom is -0.478 e. The van der Waals surface area contributed by atoms with Gasteiger partial charge in [0.1, 0.15) is 5.82 Å². The first-order valence-corrected chi connectivity index (χ1v) is 5.92. The second kappa shape index (κ2) is 5.78. The van der Waals surface area contributed by atoms with Crippen LogP contribution >= 0.6 is 0 Å². The van der Waals surface area contributed by atoms with Gasteiger partial charge in [-0.2, -0.15) is 0 Å². The molecule has 0 saturated heterocycles. The lowest BCUT2D eigenvalue weighted by Crippen LogP contribution is -1.98. The van der Waals surface area contributed by atoms with E-state index in [4.69, 9.17) is 9.84 Å². The molecule has 0 aliphatic heterocycles. The topological polar surface area (TPSA) is 46.5 Å². The average molecular weight is 250 g/mol. The van der Waals surface area contributed by atoms with Crippen LogP contribution in [0.4, 0.5) is 4.39 Å². The smallest absolute Gasteiger partial charge is 0.328 e. The van der Waals surface area contributed by atoms with Gasteiger partial charge < -0.3 is 9.84 Å². The molecule has 0 spiro atoms. The van der Waals surface area contributed by atoms with Crippen molar-refractivity contribution in [2.24, 2.45) is 5.92 Å². The Balaban J connectivity index is 1.97. The Morgan fingerprint density at radius 1 is 1.44 bits per heavy atom. The standard InChI is InChI=1S/C14H15FO3/c15-13-6-11(3-4-14(16)17)5-12(7-13)9-18-8-10-1-2-10/h3-7,10H,1-2,8-9H2,(H,16,17). The van der Waals surface area contributed by atoms with Crippen molar-refractivity contribution in [1.82, 2.24) is 0 Å². The number of hydrogen-bond acceptors (Lipinski definition) is 2. The van der Waals surface area contributed by atoms with Gasteiger partial charge in [0.05, 0.1) is 6.61 Å². The third-order valence-corrected chi connectivity index (χ3v) is 2.72. The fraction of sp³-hybridized carbons (Fsp3) is 0.357. The van der Waals surface area contributed by atoms with Crippen LogP contribution in [-0.2, 0) is 16.1 Å². The minimum absolute atomic E-state index is 0.363. The Kier molecular flexibility index (Phi) is 4.10. The Morgan fingerprint density at radius 3 is 2.89 bits per heavy atom. The first kappa shape index (κ1) is 12.8. The van der Waals surface area contributed by atoms with Gasteiger partial charge in [0.15, 0.2) is 0 Å². The lowest BCUT2D eigenvalue weighted by molar-refractivity contribution is -0.131. The van der Waals surface area contributed by atoms with Gasteiger partial charge >= 0.3 is 5.97 Å². The normalized spacial score (nSPS) is 15.2. The van der Waals surface area contributed by atoms with Crippen molar-refractivity contribution < 1.29 is 19.0 Å². The number of carbonyl (C=O) groups is 1. The molecular weight excluding hydrogens is 235 g/mol. The van der Waals surface area contributed by atoms with E-state index in [9.17, 15) is 9.18 Å². The number of carboxylic acids is 1. The molecule has 0 bridgehead atoms. The number of ether oxygens (including phenoxy) is 1. The monoisotopic (exact) mass is 250 g/mol. The fourth-order valence-corrected chi connectivity index (χ4v) is 1.65. The van der Waals surface area contributed by atoms with E-state index < -0.39 is 5.97 Å². The molecule has 1 aromatic carbocycles. The van der Waals surface area contributed by atoms with Crippen LogP contribution in [0.3, 0.4) is 0 Å². The molecular formula is C14H15FO3. The summed E-state index contributed by atoms with van der Waals surface area (Å²) in [6.45, 7) is 1.08. The third kappa shape index (κ3) is 4.30. The largest absolute Gasteiger partial charge is 0.478 e. The van der Waals surface area contributed by atoms with Gasteiger partial charge in [-0.25, -0.2) is 9.18 Å². The summed E-state index contributed by atoms with van der Waals surface area (Å²) in [4.78, 5) is 10.4. The van der Waals surface area contributed by atoms with E-state index in [-0.39, 0.29) is 5.82 Å². The summed E-state index contributed by atoms with van der Waals surface area (Å²) in [6.07, 6.45) is 4.80. The number of carboxylic acid groups (broad SMARTS) is 1. The van der Waals surface area contributed by atoms with Crippen molar-refractivity contribution in [3.63, 3.8) is 0 Å². The molecule has 1 fully saturated rings. The van der Waals surface area contributed by atoms with Crippen LogP contribution in [0, 0.1) is 11.7 Å². The Labute approximate surface area is 105 Å². The van der Waals surface area contributed by atoms with Crippen LogP contribution < -0.4 is 0 Å². The van der Waals surface area contributed by atoms with Crippen LogP contribution in [0.15, 0.2) is 24.3 Å². The van der Waals surface area contributed by atoms with Gasteiger partial charge in [0.25, 0.3) is 0 Å². The number of benzene rings is 1. The van der Waals surface area contributed by atoms with E-state index in [0.29, 0.717) is 18.1 Å². The van der Waals surface area contributed by atoms with E-state index in [1.165, 1.54) is 31.1 Å². The molecule has 3 nitrogen and oxygen atoms in total. The fourth-order valence-electron chi connectivity index (χ4n) is 1.65. The lowest BCUT2D eigenvalue weighted by atomic mass is 10.1. The number of halogens is 1. The quantitative estimate of drug-likeness (QED) is 0.790. The van der Waals surface area contributed by atoms with Crippen molar-refractivity contribution in [3.05, 3.63) is 41.2 Å². The van der Waals surface area contributed by atoms with Gasteiger partial charge in [-0.3, -0.25) is 0 Å². The molecule has 1 aliphatic carbocycles. The van der Waals surface area contributed by atoms with Crippen molar-refractivity contribution in [1.29, 1.82) is 0 Å². The van der Waals surface area contributed by atoms with Gasteiger partial charge in [-0.05, 0) is 54.2 Å². The zero-order valence-electron chi connectivity index (χ0n) is 9.93. The first-order valence-electron chi connectivity index (χ1n) is 5.92. The van der Waals surface area contributed by atoms with Crippen molar-refractivity contribution in [3.8, 4) is 0 Å². The van der Waals surface area contributed by atoms with E-state index in [1.54, 1.807) is 6.07 Å². The maximum Gasteiger partial charge on any atom is 0.328 e. The van der Waals surface area contributed by atoms with Gasteiger partial charge in [0.2, 0.25) is 0 Å². The van der Waals surface area contributed by atoms with Gasteiger partial charge in [0, 0.05) is 12.7 Å². The third-order valence-electron chi connectivity index (χ3n) is 2.72. The molecule has 0 heterocycles. The second-order valence-corrected chi connectivity index (χ2v) is 4.52. The predicted octanol–water partition coefficient (Wildman–Crippen LogP) is 2.85. The van der Waals surface area contributed by atoms with Crippen LogP contribution in [0.25, 0.3) is 6.08 Å². The zero-order valence-corrected chi connectivity index (χ0v) is 9.93. The lowest BCUT2D eigenvalue weighted by Gasteiger charge is -2.05. The molecule has 1 saturated carbocycles. The molecule has 0 radical (unpaired) electrons. The van der Waals surface area contributed by atoms with Crippen LogP contribution in [-0.4, -0.2) is 17.7 Å². The highest BCUT2D eigenvalue weighted by Gasteiger charge is 2.21. The molecule has 1 N–H and O–H groups in total. The summed E-state index contributed by atoms with van der Waals surface area (Å²) in [5.41, 5.74) is 1.25. The Morgan fingerprint density at radius 2 is 2.22 bits per heavy atom. The highest BCUT2D eigenvalue weighted by Crippen LogP contribution is 2.29. The van der Waals surface area contributed by atoms with E-state index >= 15 is 0 Å². The number of rotatable bonds is 6. The molecule has 4 heteroatoms. The first-order chi connectivity index (χ1) is 8.63. The molecule has 1 aromatic rings. The Bertz CT molecular complexity index is 464. The van der Waals surface area contributed by atoms with Crippen molar-refractivity contribution in [2.75, 3.05) is 6.61 Å². The molecule has 2 rings (SSSR count). The van der Waals surface area contributed by atoms with E-state index in [1.807, 2.05) is 0 Å². The van der Waals surface area contributed by atoms with Crippen molar-refractivity contribution >= 4 is 12.0 Å². The van der Waals surface area contributed by atoms with E-state index in [2.05, 4.69) is 0 Å². The SMILES string of the molecule is O=C(O)C=Cc1cc(F)cc(COCC2CC2)c1. The summed E-state index contributed by atoms with van der Waals surface area (Å²) in [5.74, 6) is -0.761. The second-order valence-electron chi connectivity index (χ2n) is 4.52. The van der Waals surface area contributed by atoms with Crippen LogP contribution in [0.2, 0.25) is 0 Å². The molecule has 96 valence electrons. The summed E-state index contributed by atoms with van der Waals surface area (Å²) in [5, 5.41) is 8.52. The number of aliphatic carboxylic acids is 1. The predicted molar refractivity (Wildman–Crippen MR) is 65.4 cm³/mol. The number of hydrogen-bond donors (Lipinski definition) is 1. The van der Waals surface area contributed by atoms with E-state index in [0.717, 1.165) is 18.2 Å². The molecule has 18 heavy (non-hydrogen) atoms. The van der Waals surface area contributed by atoms with Gasteiger partial charge in [-0.15, -0.1) is 0 Å². The van der Waals surface area contributed by atoms with Crippen LogP contribution in [0.1, 0.15) is 24.0 Å². The molecule has 0 unspecified atom stereocenters. The summed E-state index contributed by atoms with van der Waals surface area (Å²) >= 11 is 0. The highest BCUT2D eigenvalue weighted by atomic mass is 19.1. The van der Waals surface area contributed by atoms with Gasteiger partial charge in [-0.1, -0.05) is 0 Å². The molecule has 0 amide bonds.